The number of likely N-dealkylation sites (N-methyl/N-ethyl adjacent to an activating group) is 1. The van der Waals surface area contributed by atoms with E-state index < -0.39 is 0 Å². The summed E-state index contributed by atoms with van der Waals surface area (Å²) in [5.41, 5.74) is 0. The Morgan fingerprint density at radius 1 is 1.53 bits per heavy atom. The Kier molecular flexibility index (Phi) is 5.11. The van der Waals surface area contributed by atoms with E-state index >= 15 is 0 Å². The molecule has 0 radical (unpaired) electrons. The van der Waals surface area contributed by atoms with Crippen LogP contribution in [-0.4, -0.2) is 29.5 Å². The van der Waals surface area contributed by atoms with Gasteiger partial charge in [-0.3, -0.25) is 0 Å². The van der Waals surface area contributed by atoms with Gasteiger partial charge in [0.2, 0.25) is 5.89 Å². The van der Waals surface area contributed by atoms with Crippen molar-refractivity contribution in [1.29, 1.82) is 0 Å². The van der Waals surface area contributed by atoms with E-state index in [1.54, 1.807) is 11.8 Å². The molecule has 1 heterocycles. The summed E-state index contributed by atoms with van der Waals surface area (Å²) in [6, 6.07) is 0.359. The first-order valence-electron chi connectivity index (χ1n) is 5.21. The zero-order chi connectivity index (χ0) is 11.3. The van der Waals surface area contributed by atoms with Crippen molar-refractivity contribution >= 4 is 11.8 Å². The highest BCUT2D eigenvalue weighted by Crippen LogP contribution is 2.22. The lowest BCUT2D eigenvalue weighted by molar-refractivity contribution is 0.320. The van der Waals surface area contributed by atoms with Gasteiger partial charge in [-0.2, -0.15) is 16.7 Å². The average molecular weight is 229 g/mol. The molecule has 1 N–H and O–H groups in total. The van der Waals surface area contributed by atoms with Crippen molar-refractivity contribution in [2.75, 3.05) is 13.3 Å². The predicted molar refractivity (Wildman–Crippen MR) is 63.1 cm³/mol. The second kappa shape index (κ2) is 6.12. The fraction of sp³-hybridized carbons (Fsp3) is 0.800. The Morgan fingerprint density at radius 2 is 2.27 bits per heavy atom. The SMILES string of the molecule is CCC(c1nc(CSC)no1)C(C)NC. The maximum atomic E-state index is 5.28. The van der Waals surface area contributed by atoms with Crippen LogP contribution in [0.15, 0.2) is 4.52 Å². The van der Waals surface area contributed by atoms with Crippen LogP contribution < -0.4 is 5.32 Å². The number of nitrogens with zero attached hydrogens (tertiary/aromatic N) is 2. The lowest BCUT2D eigenvalue weighted by Crippen LogP contribution is -2.28. The maximum Gasteiger partial charge on any atom is 0.231 e. The number of thioether (sulfide) groups is 1. The molecule has 0 fully saturated rings. The molecular formula is C10H19N3OS. The number of hydrogen-bond acceptors (Lipinski definition) is 5. The van der Waals surface area contributed by atoms with E-state index in [-0.39, 0.29) is 0 Å². The molecule has 0 saturated heterocycles. The number of rotatable bonds is 6. The maximum absolute atomic E-state index is 5.28. The number of nitrogens with one attached hydrogen (secondary N) is 1. The predicted octanol–water partition coefficient (Wildman–Crippen LogP) is 2.03. The number of aromatic nitrogens is 2. The van der Waals surface area contributed by atoms with Crippen LogP contribution in [0, 0.1) is 0 Å². The van der Waals surface area contributed by atoms with Gasteiger partial charge >= 0.3 is 0 Å². The molecule has 0 saturated carbocycles. The van der Waals surface area contributed by atoms with Gasteiger partial charge in [0.1, 0.15) is 0 Å². The second-order valence-corrected chi connectivity index (χ2v) is 4.44. The van der Waals surface area contributed by atoms with Gasteiger partial charge in [-0.05, 0) is 26.6 Å². The van der Waals surface area contributed by atoms with Gasteiger partial charge in [0, 0.05) is 6.04 Å². The molecule has 0 aromatic carbocycles. The van der Waals surface area contributed by atoms with E-state index in [9.17, 15) is 0 Å². The van der Waals surface area contributed by atoms with Crippen LogP contribution in [0.1, 0.15) is 37.9 Å². The minimum absolute atomic E-state index is 0.304. The van der Waals surface area contributed by atoms with Crippen LogP contribution in [0.5, 0.6) is 0 Å². The minimum atomic E-state index is 0.304. The van der Waals surface area contributed by atoms with Crippen LogP contribution in [0.3, 0.4) is 0 Å². The van der Waals surface area contributed by atoms with E-state index in [0.29, 0.717) is 12.0 Å². The lowest BCUT2D eigenvalue weighted by Gasteiger charge is -2.17. The average Bonchev–Trinajstić information content (AvgIpc) is 2.68. The lowest BCUT2D eigenvalue weighted by atomic mass is 9.98. The minimum Gasteiger partial charge on any atom is -0.339 e. The van der Waals surface area contributed by atoms with E-state index in [4.69, 9.17) is 4.52 Å². The van der Waals surface area contributed by atoms with E-state index in [2.05, 4.69) is 29.3 Å². The molecule has 1 aromatic heterocycles. The van der Waals surface area contributed by atoms with Crippen LogP contribution in [0.25, 0.3) is 0 Å². The number of hydrogen-bond donors (Lipinski definition) is 1. The Labute approximate surface area is 95.2 Å². The zero-order valence-electron chi connectivity index (χ0n) is 9.78. The topological polar surface area (TPSA) is 51.0 Å². The second-order valence-electron chi connectivity index (χ2n) is 3.57. The van der Waals surface area contributed by atoms with Crippen LogP contribution in [-0.2, 0) is 5.75 Å². The summed E-state index contributed by atoms with van der Waals surface area (Å²) in [5, 5.41) is 7.18. The Morgan fingerprint density at radius 3 is 2.80 bits per heavy atom. The third-order valence-corrected chi connectivity index (χ3v) is 3.12. The first-order chi connectivity index (χ1) is 7.22. The highest BCUT2D eigenvalue weighted by atomic mass is 32.2. The molecule has 0 amide bonds. The zero-order valence-corrected chi connectivity index (χ0v) is 10.6. The summed E-state index contributed by atoms with van der Waals surface area (Å²) in [7, 11) is 1.95. The fourth-order valence-corrected chi connectivity index (χ4v) is 1.92. The van der Waals surface area contributed by atoms with Crippen molar-refractivity contribution < 1.29 is 4.52 Å². The first-order valence-corrected chi connectivity index (χ1v) is 6.61. The largest absolute Gasteiger partial charge is 0.339 e. The standard InChI is InChI=1S/C10H19N3OS/c1-5-8(7(2)11-3)10-12-9(6-15-4)13-14-10/h7-8,11H,5-6H2,1-4H3. The fourth-order valence-electron chi connectivity index (χ4n) is 1.55. The van der Waals surface area contributed by atoms with E-state index in [0.717, 1.165) is 23.9 Å². The monoisotopic (exact) mass is 229 g/mol. The van der Waals surface area contributed by atoms with Gasteiger partial charge in [0.05, 0.1) is 11.7 Å². The summed E-state index contributed by atoms with van der Waals surface area (Å²) in [5.74, 6) is 2.66. The van der Waals surface area contributed by atoms with Gasteiger partial charge in [-0.1, -0.05) is 12.1 Å². The molecule has 2 unspecified atom stereocenters. The Hall–Kier alpha value is -0.550. The molecule has 15 heavy (non-hydrogen) atoms. The molecule has 0 bridgehead atoms. The summed E-state index contributed by atoms with van der Waals surface area (Å²) < 4.78 is 5.28. The molecule has 1 rings (SSSR count). The quantitative estimate of drug-likeness (QED) is 0.809. The normalized spacial score (nSPS) is 15.2. The van der Waals surface area contributed by atoms with E-state index in [1.807, 2.05) is 13.3 Å². The molecule has 0 spiro atoms. The summed E-state index contributed by atoms with van der Waals surface area (Å²) in [6.45, 7) is 4.27. The van der Waals surface area contributed by atoms with Crippen molar-refractivity contribution in [3.63, 3.8) is 0 Å². The molecule has 1 aromatic rings. The third kappa shape index (κ3) is 3.21. The molecule has 0 aliphatic carbocycles. The van der Waals surface area contributed by atoms with Crippen molar-refractivity contribution in [1.82, 2.24) is 15.5 Å². The van der Waals surface area contributed by atoms with Crippen LogP contribution in [0.4, 0.5) is 0 Å². The van der Waals surface area contributed by atoms with Crippen LogP contribution in [0.2, 0.25) is 0 Å². The summed E-state index contributed by atoms with van der Waals surface area (Å²) in [6.07, 6.45) is 3.03. The Bertz CT molecular complexity index is 290. The molecule has 2 atom stereocenters. The van der Waals surface area contributed by atoms with Crippen molar-refractivity contribution in [2.24, 2.45) is 0 Å². The van der Waals surface area contributed by atoms with Gasteiger partial charge in [-0.15, -0.1) is 0 Å². The smallest absolute Gasteiger partial charge is 0.231 e. The van der Waals surface area contributed by atoms with Crippen molar-refractivity contribution in [3.8, 4) is 0 Å². The Balaban J connectivity index is 2.73. The van der Waals surface area contributed by atoms with Crippen LogP contribution >= 0.6 is 11.8 Å². The molecule has 0 aliphatic heterocycles. The van der Waals surface area contributed by atoms with Crippen molar-refractivity contribution in [2.45, 2.75) is 38.0 Å². The van der Waals surface area contributed by atoms with Gasteiger partial charge in [-0.25, -0.2) is 0 Å². The van der Waals surface area contributed by atoms with Crippen molar-refractivity contribution in [3.05, 3.63) is 11.7 Å². The molecule has 5 heteroatoms. The van der Waals surface area contributed by atoms with Gasteiger partial charge < -0.3 is 9.84 Å². The summed E-state index contributed by atoms with van der Waals surface area (Å²) >= 11 is 1.70. The summed E-state index contributed by atoms with van der Waals surface area (Å²) in [4.78, 5) is 4.40. The highest BCUT2D eigenvalue weighted by Gasteiger charge is 2.22. The highest BCUT2D eigenvalue weighted by molar-refractivity contribution is 7.97. The van der Waals surface area contributed by atoms with E-state index in [1.165, 1.54) is 0 Å². The first kappa shape index (κ1) is 12.5. The molecule has 0 aliphatic rings. The molecular weight excluding hydrogens is 210 g/mol. The third-order valence-electron chi connectivity index (χ3n) is 2.57. The van der Waals surface area contributed by atoms with Gasteiger partial charge in [0.25, 0.3) is 0 Å². The molecule has 86 valence electrons. The molecule has 4 nitrogen and oxygen atoms in total. The van der Waals surface area contributed by atoms with Gasteiger partial charge in [0.15, 0.2) is 5.82 Å².